The summed E-state index contributed by atoms with van der Waals surface area (Å²) in [7, 11) is 0. The van der Waals surface area contributed by atoms with E-state index in [9.17, 15) is 0 Å². The molecule has 2 rings (SSSR count). The minimum absolute atomic E-state index is 0.165. The fraction of sp³-hybridized carbons (Fsp3) is 0.700. The molecule has 0 unspecified atom stereocenters. The molecule has 1 aromatic heterocycles. The zero-order valence-corrected chi connectivity index (χ0v) is 9.23. The third-order valence-electron chi connectivity index (χ3n) is 2.82. The summed E-state index contributed by atoms with van der Waals surface area (Å²) in [6.45, 7) is 3.26. The van der Waals surface area contributed by atoms with Gasteiger partial charge in [-0.25, -0.2) is 4.98 Å². The molecule has 78 valence electrons. The Morgan fingerprint density at radius 1 is 1.64 bits per heavy atom. The molecule has 0 aromatic carbocycles. The Morgan fingerprint density at radius 2 is 2.43 bits per heavy atom. The maximum atomic E-state index is 9.13. The molecule has 4 heteroatoms. The number of aryl methyl sites for hydroxylation is 1. The van der Waals surface area contributed by atoms with E-state index in [1.165, 1.54) is 0 Å². The number of aromatic nitrogens is 1. The molecule has 0 atom stereocenters. The van der Waals surface area contributed by atoms with Crippen molar-refractivity contribution in [3.63, 3.8) is 0 Å². The number of hydrogen-bond donors (Lipinski definition) is 2. The van der Waals surface area contributed by atoms with Crippen LogP contribution in [0.4, 0.5) is 5.13 Å². The molecule has 1 aliphatic rings. The van der Waals surface area contributed by atoms with Crippen LogP contribution in [0.1, 0.15) is 25.5 Å². The maximum Gasteiger partial charge on any atom is 0.182 e. The number of thiazole rings is 1. The lowest BCUT2D eigenvalue weighted by Crippen LogP contribution is -2.18. The molecule has 1 aromatic rings. The monoisotopic (exact) mass is 212 g/mol. The van der Waals surface area contributed by atoms with Crippen LogP contribution in [0.3, 0.4) is 0 Å². The van der Waals surface area contributed by atoms with Crippen LogP contribution in [-0.4, -0.2) is 23.2 Å². The standard InChI is InChI=1S/C10H16N2OS/c1-2-8-5-14-9(12-8)11-6-10(7-13)3-4-10/h5,13H,2-4,6-7H2,1H3,(H,11,12). The first kappa shape index (κ1) is 9.93. The highest BCUT2D eigenvalue weighted by atomic mass is 32.1. The van der Waals surface area contributed by atoms with E-state index in [-0.39, 0.29) is 5.41 Å². The van der Waals surface area contributed by atoms with Gasteiger partial charge in [0.15, 0.2) is 5.13 Å². The van der Waals surface area contributed by atoms with Gasteiger partial charge in [-0.15, -0.1) is 11.3 Å². The van der Waals surface area contributed by atoms with Crippen LogP contribution in [0.2, 0.25) is 0 Å². The van der Waals surface area contributed by atoms with Gasteiger partial charge in [0, 0.05) is 17.3 Å². The van der Waals surface area contributed by atoms with Gasteiger partial charge in [0.25, 0.3) is 0 Å². The number of nitrogens with one attached hydrogen (secondary N) is 1. The predicted molar refractivity (Wildman–Crippen MR) is 58.7 cm³/mol. The summed E-state index contributed by atoms with van der Waals surface area (Å²) in [5.74, 6) is 0. The van der Waals surface area contributed by atoms with Crippen molar-refractivity contribution in [2.75, 3.05) is 18.5 Å². The highest BCUT2D eigenvalue weighted by Gasteiger charge is 2.41. The van der Waals surface area contributed by atoms with Crippen molar-refractivity contribution >= 4 is 16.5 Å². The zero-order valence-electron chi connectivity index (χ0n) is 8.42. The Hall–Kier alpha value is -0.610. The van der Waals surface area contributed by atoms with E-state index in [2.05, 4.69) is 22.6 Å². The highest BCUT2D eigenvalue weighted by Crippen LogP contribution is 2.44. The molecule has 1 saturated carbocycles. The topological polar surface area (TPSA) is 45.1 Å². The molecule has 2 N–H and O–H groups in total. The van der Waals surface area contributed by atoms with Gasteiger partial charge >= 0.3 is 0 Å². The van der Waals surface area contributed by atoms with E-state index in [0.717, 1.165) is 36.6 Å². The number of aliphatic hydroxyl groups is 1. The second-order valence-corrected chi connectivity index (χ2v) is 4.87. The molecular weight excluding hydrogens is 196 g/mol. The summed E-state index contributed by atoms with van der Waals surface area (Å²) in [5, 5.41) is 15.5. The van der Waals surface area contributed by atoms with Crippen LogP contribution < -0.4 is 5.32 Å². The smallest absolute Gasteiger partial charge is 0.182 e. The second-order valence-electron chi connectivity index (χ2n) is 4.01. The van der Waals surface area contributed by atoms with Crippen LogP contribution in [0.15, 0.2) is 5.38 Å². The lowest BCUT2D eigenvalue weighted by molar-refractivity contribution is 0.220. The quantitative estimate of drug-likeness (QED) is 0.783. The predicted octanol–water partition coefficient (Wildman–Crippen LogP) is 1.89. The van der Waals surface area contributed by atoms with E-state index in [0.29, 0.717) is 6.61 Å². The summed E-state index contributed by atoms with van der Waals surface area (Å²) >= 11 is 1.65. The number of hydrogen-bond acceptors (Lipinski definition) is 4. The largest absolute Gasteiger partial charge is 0.396 e. The minimum atomic E-state index is 0.165. The summed E-state index contributed by atoms with van der Waals surface area (Å²) in [5.41, 5.74) is 1.31. The maximum absolute atomic E-state index is 9.13. The Kier molecular flexibility index (Phi) is 2.74. The SMILES string of the molecule is CCc1csc(NCC2(CO)CC2)n1. The molecule has 3 nitrogen and oxygen atoms in total. The molecule has 0 radical (unpaired) electrons. The molecule has 1 fully saturated rings. The van der Waals surface area contributed by atoms with E-state index in [1.807, 2.05) is 0 Å². The molecule has 1 heterocycles. The normalized spacial score (nSPS) is 18.1. The first-order valence-corrected chi connectivity index (χ1v) is 5.95. The van der Waals surface area contributed by atoms with Crippen LogP contribution in [-0.2, 0) is 6.42 Å². The van der Waals surface area contributed by atoms with Gasteiger partial charge in [-0.2, -0.15) is 0 Å². The van der Waals surface area contributed by atoms with Gasteiger partial charge in [0.05, 0.1) is 12.3 Å². The molecule has 14 heavy (non-hydrogen) atoms. The van der Waals surface area contributed by atoms with Crippen molar-refractivity contribution in [2.24, 2.45) is 5.41 Å². The van der Waals surface area contributed by atoms with Gasteiger partial charge in [-0.05, 0) is 19.3 Å². The van der Waals surface area contributed by atoms with Crippen LogP contribution in [0.25, 0.3) is 0 Å². The summed E-state index contributed by atoms with van der Waals surface area (Å²) in [6, 6.07) is 0. The van der Waals surface area contributed by atoms with Crippen molar-refractivity contribution in [2.45, 2.75) is 26.2 Å². The average Bonchev–Trinajstić information content (AvgIpc) is 2.86. The van der Waals surface area contributed by atoms with Crippen LogP contribution >= 0.6 is 11.3 Å². The number of rotatable bonds is 5. The van der Waals surface area contributed by atoms with Gasteiger partial charge in [-0.1, -0.05) is 6.92 Å². The lowest BCUT2D eigenvalue weighted by atomic mass is 10.1. The van der Waals surface area contributed by atoms with Gasteiger partial charge < -0.3 is 10.4 Å². The van der Waals surface area contributed by atoms with E-state index in [4.69, 9.17) is 5.11 Å². The molecule has 0 amide bonds. The number of nitrogens with zero attached hydrogens (tertiary/aromatic N) is 1. The summed E-state index contributed by atoms with van der Waals surface area (Å²) in [6.07, 6.45) is 3.27. The van der Waals surface area contributed by atoms with E-state index < -0.39 is 0 Å². The molecule has 0 aliphatic heterocycles. The summed E-state index contributed by atoms with van der Waals surface area (Å²) < 4.78 is 0. The number of anilines is 1. The molecule has 0 saturated heterocycles. The Morgan fingerprint density at radius 3 is 2.93 bits per heavy atom. The highest BCUT2D eigenvalue weighted by molar-refractivity contribution is 7.13. The van der Waals surface area contributed by atoms with Crippen LogP contribution in [0, 0.1) is 5.41 Å². The Balaban J connectivity index is 1.85. The third-order valence-corrected chi connectivity index (χ3v) is 3.67. The van der Waals surface area contributed by atoms with E-state index >= 15 is 0 Å². The van der Waals surface area contributed by atoms with Crippen molar-refractivity contribution in [1.82, 2.24) is 4.98 Å². The molecule has 0 spiro atoms. The first-order chi connectivity index (χ1) is 6.78. The first-order valence-electron chi connectivity index (χ1n) is 5.07. The van der Waals surface area contributed by atoms with Crippen LogP contribution in [0.5, 0.6) is 0 Å². The lowest BCUT2D eigenvalue weighted by Gasteiger charge is -2.11. The fourth-order valence-corrected chi connectivity index (χ4v) is 2.17. The minimum Gasteiger partial charge on any atom is -0.396 e. The van der Waals surface area contributed by atoms with Crippen molar-refractivity contribution in [3.05, 3.63) is 11.1 Å². The molecular formula is C10H16N2OS. The second kappa shape index (κ2) is 3.87. The van der Waals surface area contributed by atoms with Crippen molar-refractivity contribution in [1.29, 1.82) is 0 Å². The van der Waals surface area contributed by atoms with Crippen molar-refractivity contribution in [3.8, 4) is 0 Å². The zero-order chi connectivity index (χ0) is 10.0. The van der Waals surface area contributed by atoms with E-state index in [1.54, 1.807) is 11.3 Å². The summed E-state index contributed by atoms with van der Waals surface area (Å²) in [4.78, 5) is 4.42. The van der Waals surface area contributed by atoms with Gasteiger partial charge in [-0.3, -0.25) is 0 Å². The molecule has 1 aliphatic carbocycles. The van der Waals surface area contributed by atoms with Gasteiger partial charge in [0.1, 0.15) is 0 Å². The Bertz CT molecular complexity index is 307. The van der Waals surface area contributed by atoms with Crippen molar-refractivity contribution < 1.29 is 5.11 Å². The third kappa shape index (κ3) is 2.07. The average molecular weight is 212 g/mol. The molecule has 0 bridgehead atoms. The fourth-order valence-electron chi connectivity index (χ4n) is 1.38. The Labute approximate surface area is 88.2 Å². The van der Waals surface area contributed by atoms with Gasteiger partial charge in [0.2, 0.25) is 0 Å². The number of aliphatic hydroxyl groups excluding tert-OH is 1.